The molecule has 21 heavy (non-hydrogen) atoms. The molecule has 1 nitrogen and oxygen atoms in total. The van der Waals surface area contributed by atoms with Crippen molar-refractivity contribution in [2.45, 2.75) is 12.6 Å². The molecule has 1 N–H and O–H groups in total. The Morgan fingerprint density at radius 3 is 1.95 bits per heavy atom. The Balaban J connectivity index is 1.91. The number of hydrogen-bond acceptors (Lipinski definition) is 1. The van der Waals surface area contributed by atoms with E-state index in [1.54, 1.807) is 0 Å². The van der Waals surface area contributed by atoms with Gasteiger partial charge in [-0.25, -0.2) is 8.78 Å². The fraction of sp³-hybridized carbons (Fsp3) is 0.200. The van der Waals surface area contributed by atoms with Crippen LogP contribution in [0.5, 0.6) is 0 Å². The zero-order valence-electron chi connectivity index (χ0n) is 10.8. The van der Waals surface area contributed by atoms with Crippen LogP contribution in [0, 0.1) is 11.6 Å². The number of anilines is 1. The van der Waals surface area contributed by atoms with Crippen LogP contribution in [0.2, 0.25) is 0 Å². The summed E-state index contributed by atoms with van der Waals surface area (Å²) in [6.07, 6.45) is -4.01. The standard InChI is InChI=1S/C15H12F5N/c16-12-7-10(8-13(17)9-12)5-6-21-14-3-1-11(2-4-14)15(18,19)20/h1-4,7-9,21H,5-6H2. The van der Waals surface area contributed by atoms with E-state index in [-0.39, 0.29) is 0 Å². The van der Waals surface area contributed by atoms with Gasteiger partial charge in [0, 0.05) is 18.3 Å². The molecule has 0 aliphatic heterocycles. The van der Waals surface area contributed by atoms with Crippen molar-refractivity contribution >= 4 is 5.69 Å². The molecule has 2 rings (SSSR count). The lowest BCUT2D eigenvalue weighted by atomic mass is 10.1. The van der Waals surface area contributed by atoms with E-state index in [0.717, 1.165) is 18.2 Å². The minimum Gasteiger partial charge on any atom is -0.385 e. The highest BCUT2D eigenvalue weighted by atomic mass is 19.4. The van der Waals surface area contributed by atoms with Crippen LogP contribution in [0.15, 0.2) is 42.5 Å². The third-order valence-corrected chi connectivity index (χ3v) is 2.88. The summed E-state index contributed by atoms with van der Waals surface area (Å²) >= 11 is 0. The van der Waals surface area contributed by atoms with Crippen molar-refractivity contribution in [1.82, 2.24) is 0 Å². The van der Waals surface area contributed by atoms with E-state index >= 15 is 0 Å². The third-order valence-electron chi connectivity index (χ3n) is 2.88. The van der Waals surface area contributed by atoms with Gasteiger partial charge in [0.05, 0.1) is 5.56 Å². The van der Waals surface area contributed by atoms with Crippen molar-refractivity contribution < 1.29 is 22.0 Å². The first kappa shape index (κ1) is 15.3. The van der Waals surface area contributed by atoms with Crippen molar-refractivity contribution in [3.8, 4) is 0 Å². The highest BCUT2D eigenvalue weighted by molar-refractivity contribution is 5.45. The summed E-state index contributed by atoms with van der Waals surface area (Å²) in [6, 6.07) is 7.81. The van der Waals surface area contributed by atoms with Crippen LogP contribution in [0.3, 0.4) is 0 Å². The van der Waals surface area contributed by atoms with Gasteiger partial charge >= 0.3 is 6.18 Å². The Morgan fingerprint density at radius 2 is 1.43 bits per heavy atom. The second-order valence-electron chi connectivity index (χ2n) is 4.53. The van der Waals surface area contributed by atoms with E-state index < -0.39 is 23.4 Å². The molecule has 6 heteroatoms. The smallest absolute Gasteiger partial charge is 0.385 e. The summed E-state index contributed by atoms with van der Waals surface area (Å²) in [6.45, 7) is 0.355. The zero-order valence-corrected chi connectivity index (χ0v) is 10.8. The normalized spacial score (nSPS) is 11.5. The van der Waals surface area contributed by atoms with Crippen molar-refractivity contribution in [3.63, 3.8) is 0 Å². The predicted molar refractivity (Wildman–Crippen MR) is 70.0 cm³/mol. The van der Waals surface area contributed by atoms with Crippen LogP contribution in [-0.2, 0) is 12.6 Å². The number of alkyl halides is 3. The maximum atomic E-state index is 13.0. The molecule has 0 aliphatic rings. The Morgan fingerprint density at radius 1 is 0.857 bits per heavy atom. The topological polar surface area (TPSA) is 12.0 Å². The van der Waals surface area contributed by atoms with Crippen molar-refractivity contribution in [1.29, 1.82) is 0 Å². The predicted octanol–water partition coefficient (Wildman–Crippen LogP) is 4.64. The molecular weight excluding hydrogens is 289 g/mol. The maximum Gasteiger partial charge on any atom is 0.416 e. The summed E-state index contributed by atoms with van der Waals surface area (Å²) in [5.74, 6) is -1.31. The quantitative estimate of drug-likeness (QED) is 0.811. The molecule has 0 spiro atoms. The van der Waals surface area contributed by atoms with E-state index in [9.17, 15) is 22.0 Å². The van der Waals surface area contributed by atoms with Gasteiger partial charge in [0.1, 0.15) is 11.6 Å². The summed E-state index contributed by atoms with van der Waals surface area (Å²) in [5, 5.41) is 2.90. The second kappa shape index (κ2) is 6.11. The van der Waals surface area contributed by atoms with Crippen LogP contribution in [0.1, 0.15) is 11.1 Å². The van der Waals surface area contributed by atoms with Gasteiger partial charge in [-0.1, -0.05) is 0 Å². The van der Waals surface area contributed by atoms with Gasteiger partial charge in [-0.15, -0.1) is 0 Å². The van der Waals surface area contributed by atoms with Crippen molar-refractivity contribution in [3.05, 3.63) is 65.2 Å². The highest BCUT2D eigenvalue weighted by Gasteiger charge is 2.29. The molecule has 0 heterocycles. The minimum absolute atomic E-state index is 0.355. The van der Waals surface area contributed by atoms with Crippen LogP contribution < -0.4 is 5.32 Å². The summed E-state index contributed by atoms with van der Waals surface area (Å²) < 4.78 is 63.1. The number of benzene rings is 2. The zero-order chi connectivity index (χ0) is 15.5. The molecular formula is C15H12F5N. The molecule has 0 bridgehead atoms. The molecule has 0 saturated carbocycles. The van der Waals surface area contributed by atoms with Crippen LogP contribution >= 0.6 is 0 Å². The number of halogens is 5. The van der Waals surface area contributed by atoms with Crippen molar-refractivity contribution in [2.75, 3.05) is 11.9 Å². The highest BCUT2D eigenvalue weighted by Crippen LogP contribution is 2.29. The molecule has 0 atom stereocenters. The molecule has 0 saturated heterocycles. The first-order valence-corrected chi connectivity index (χ1v) is 6.21. The van der Waals surface area contributed by atoms with Gasteiger partial charge in [-0.3, -0.25) is 0 Å². The van der Waals surface area contributed by atoms with E-state index in [0.29, 0.717) is 24.2 Å². The molecule has 0 amide bonds. The Bertz CT molecular complexity index is 584. The van der Waals surface area contributed by atoms with E-state index in [1.807, 2.05) is 0 Å². The van der Waals surface area contributed by atoms with E-state index in [2.05, 4.69) is 5.32 Å². The minimum atomic E-state index is -4.36. The maximum absolute atomic E-state index is 13.0. The van der Waals surface area contributed by atoms with Gasteiger partial charge in [-0.05, 0) is 48.4 Å². The van der Waals surface area contributed by atoms with Gasteiger partial charge < -0.3 is 5.32 Å². The van der Waals surface area contributed by atoms with Gasteiger partial charge in [0.15, 0.2) is 0 Å². The van der Waals surface area contributed by atoms with Crippen molar-refractivity contribution in [2.24, 2.45) is 0 Å². The fourth-order valence-electron chi connectivity index (χ4n) is 1.88. The molecule has 0 aliphatic carbocycles. The average Bonchev–Trinajstić information content (AvgIpc) is 2.37. The number of hydrogen-bond donors (Lipinski definition) is 1. The molecule has 112 valence electrons. The van der Waals surface area contributed by atoms with Gasteiger partial charge in [0.2, 0.25) is 0 Å². The third kappa shape index (κ3) is 4.44. The first-order chi connectivity index (χ1) is 9.84. The second-order valence-corrected chi connectivity index (χ2v) is 4.53. The van der Waals surface area contributed by atoms with Crippen LogP contribution in [0.25, 0.3) is 0 Å². The summed E-state index contributed by atoms with van der Waals surface area (Å²) in [4.78, 5) is 0. The van der Waals surface area contributed by atoms with Gasteiger partial charge in [0.25, 0.3) is 0 Å². The lowest BCUT2D eigenvalue weighted by Gasteiger charge is -2.09. The molecule has 2 aromatic rings. The molecule has 2 aromatic carbocycles. The summed E-state index contributed by atoms with van der Waals surface area (Å²) in [5.41, 5.74) is 0.270. The largest absolute Gasteiger partial charge is 0.416 e. The Hall–Kier alpha value is -2.11. The average molecular weight is 301 g/mol. The lowest BCUT2D eigenvalue weighted by molar-refractivity contribution is -0.137. The molecule has 0 radical (unpaired) electrons. The number of rotatable bonds is 4. The van der Waals surface area contributed by atoms with Crippen LogP contribution in [-0.4, -0.2) is 6.54 Å². The molecule has 0 unspecified atom stereocenters. The van der Waals surface area contributed by atoms with E-state index in [4.69, 9.17) is 0 Å². The first-order valence-electron chi connectivity index (χ1n) is 6.21. The SMILES string of the molecule is Fc1cc(F)cc(CCNc2ccc(C(F)(F)F)cc2)c1. The molecule has 0 aromatic heterocycles. The fourth-order valence-corrected chi connectivity index (χ4v) is 1.88. The Labute approximate surface area is 118 Å². The van der Waals surface area contributed by atoms with E-state index in [1.165, 1.54) is 24.3 Å². The van der Waals surface area contributed by atoms with Crippen LogP contribution in [0.4, 0.5) is 27.6 Å². The Kier molecular flexibility index (Phi) is 4.45. The lowest BCUT2D eigenvalue weighted by Crippen LogP contribution is -2.07. The monoisotopic (exact) mass is 301 g/mol. The number of nitrogens with one attached hydrogen (secondary N) is 1. The van der Waals surface area contributed by atoms with Gasteiger partial charge in [-0.2, -0.15) is 13.2 Å². The summed E-state index contributed by atoms with van der Waals surface area (Å²) in [7, 11) is 0. The molecule has 0 fully saturated rings.